The topological polar surface area (TPSA) is 105 Å². The number of sulfonamides is 1. The molecule has 168 valence electrons. The van der Waals surface area contributed by atoms with Crippen LogP contribution in [0.2, 0.25) is 0 Å². The van der Waals surface area contributed by atoms with Crippen molar-refractivity contribution >= 4 is 21.9 Å². The van der Waals surface area contributed by atoms with E-state index in [1.165, 1.54) is 28.6 Å². The Morgan fingerprint density at radius 1 is 1.12 bits per heavy atom. The molecule has 0 saturated carbocycles. The maximum Gasteiger partial charge on any atom is 0.322 e. The summed E-state index contributed by atoms with van der Waals surface area (Å²) in [5.41, 5.74) is 3.14. The van der Waals surface area contributed by atoms with Gasteiger partial charge in [0.15, 0.2) is 0 Å². The number of benzene rings is 2. The minimum atomic E-state index is -3.57. The lowest BCUT2D eigenvalue weighted by Gasteiger charge is -2.30. The molecule has 1 atom stereocenters. The monoisotopic (exact) mass is 454 g/mol. The van der Waals surface area contributed by atoms with Gasteiger partial charge in [-0.1, -0.05) is 29.7 Å². The van der Waals surface area contributed by atoms with E-state index in [2.05, 4.69) is 22.4 Å². The Morgan fingerprint density at radius 2 is 1.88 bits per heavy atom. The van der Waals surface area contributed by atoms with E-state index < -0.39 is 15.9 Å². The van der Waals surface area contributed by atoms with Gasteiger partial charge in [0.05, 0.1) is 4.90 Å². The second-order valence-electron chi connectivity index (χ2n) is 8.32. The molecule has 1 unspecified atom stereocenters. The lowest BCUT2D eigenvalue weighted by molar-refractivity contribution is 0.102. The molecule has 32 heavy (non-hydrogen) atoms. The van der Waals surface area contributed by atoms with E-state index in [9.17, 15) is 13.2 Å². The Morgan fingerprint density at radius 3 is 2.59 bits per heavy atom. The van der Waals surface area contributed by atoms with Crippen molar-refractivity contribution < 1.29 is 17.6 Å². The van der Waals surface area contributed by atoms with Gasteiger partial charge < -0.3 is 4.42 Å². The molecule has 1 N–H and O–H groups in total. The van der Waals surface area contributed by atoms with Crippen molar-refractivity contribution in [2.45, 2.75) is 38.5 Å². The van der Waals surface area contributed by atoms with Crippen LogP contribution in [0.25, 0.3) is 11.5 Å². The van der Waals surface area contributed by atoms with Gasteiger partial charge in [-0.25, -0.2) is 8.42 Å². The molecule has 0 aliphatic carbocycles. The van der Waals surface area contributed by atoms with E-state index in [4.69, 9.17) is 4.42 Å². The predicted octanol–water partition coefficient (Wildman–Crippen LogP) is 4.03. The minimum absolute atomic E-state index is 0.0232. The highest BCUT2D eigenvalue weighted by Gasteiger charge is 2.28. The van der Waals surface area contributed by atoms with Gasteiger partial charge in [-0.2, -0.15) is 4.31 Å². The Bertz CT molecular complexity index is 1240. The van der Waals surface area contributed by atoms with Crippen LogP contribution in [0.5, 0.6) is 0 Å². The number of carbonyl (C=O) groups excluding carboxylic acids is 1. The van der Waals surface area contributed by atoms with Gasteiger partial charge in [0.2, 0.25) is 15.9 Å². The van der Waals surface area contributed by atoms with Crippen LogP contribution in [0.15, 0.2) is 51.8 Å². The lowest BCUT2D eigenvalue weighted by atomic mass is 10.0. The molecule has 0 radical (unpaired) electrons. The summed E-state index contributed by atoms with van der Waals surface area (Å²) in [7, 11) is -3.57. The van der Waals surface area contributed by atoms with Crippen molar-refractivity contribution in [3.8, 4) is 11.5 Å². The molecule has 8 nitrogen and oxygen atoms in total. The number of anilines is 1. The first kappa shape index (κ1) is 22.2. The summed E-state index contributed by atoms with van der Waals surface area (Å²) in [6.45, 7) is 7.01. The molecule has 9 heteroatoms. The molecule has 3 aromatic rings. The highest BCUT2D eigenvalue weighted by atomic mass is 32.2. The summed E-state index contributed by atoms with van der Waals surface area (Å²) in [5, 5.41) is 10.5. The highest BCUT2D eigenvalue weighted by Crippen LogP contribution is 2.26. The standard InChI is InChI=1S/C23H26N4O4S/c1-15-6-7-17(3)20(13-15)22-25-26-23(31-22)24-21(28)18-8-10-19(11-9-18)32(29,30)27-12-4-5-16(2)14-27/h6-11,13,16H,4-5,12,14H2,1-3H3,(H,24,26,28). The van der Waals surface area contributed by atoms with Crippen LogP contribution in [-0.2, 0) is 10.0 Å². The summed E-state index contributed by atoms with van der Waals surface area (Å²) >= 11 is 0. The second kappa shape index (κ2) is 8.84. The number of hydrogen-bond donors (Lipinski definition) is 1. The van der Waals surface area contributed by atoms with E-state index in [0.29, 0.717) is 30.5 Å². The van der Waals surface area contributed by atoms with Crippen molar-refractivity contribution in [3.05, 3.63) is 59.2 Å². The van der Waals surface area contributed by atoms with E-state index in [-0.39, 0.29) is 10.9 Å². The lowest BCUT2D eigenvalue weighted by Crippen LogP contribution is -2.39. The molecule has 1 aromatic heterocycles. The number of aryl methyl sites for hydroxylation is 2. The quantitative estimate of drug-likeness (QED) is 0.624. The predicted molar refractivity (Wildman–Crippen MR) is 121 cm³/mol. The Labute approximate surface area is 187 Å². The molecule has 0 spiro atoms. The second-order valence-corrected chi connectivity index (χ2v) is 10.3. The average molecular weight is 455 g/mol. The van der Waals surface area contributed by atoms with Crippen LogP contribution in [0.4, 0.5) is 6.01 Å². The van der Waals surface area contributed by atoms with Gasteiger partial charge in [-0.3, -0.25) is 10.1 Å². The fraction of sp³-hybridized carbons (Fsp3) is 0.348. The van der Waals surface area contributed by atoms with E-state index in [1.807, 2.05) is 32.0 Å². The number of nitrogens with zero attached hydrogens (tertiary/aromatic N) is 3. The number of aromatic nitrogens is 2. The highest BCUT2D eigenvalue weighted by molar-refractivity contribution is 7.89. The third kappa shape index (κ3) is 4.58. The van der Waals surface area contributed by atoms with Crippen LogP contribution in [-0.4, -0.2) is 41.9 Å². The third-order valence-corrected chi connectivity index (χ3v) is 7.52. The molecule has 1 aliphatic rings. The molecular formula is C23H26N4O4S. The van der Waals surface area contributed by atoms with Crippen molar-refractivity contribution in [2.24, 2.45) is 5.92 Å². The number of piperidine rings is 1. The minimum Gasteiger partial charge on any atom is -0.403 e. The zero-order valence-corrected chi connectivity index (χ0v) is 19.1. The van der Waals surface area contributed by atoms with Crippen molar-refractivity contribution in [2.75, 3.05) is 18.4 Å². The molecule has 1 amide bonds. The third-order valence-electron chi connectivity index (χ3n) is 5.64. The van der Waals surface area contributed by atoms with Gasteiger partial charge in [0.1, 0.15) is 0 Å². The zero-order chi connectivity index (χ0) is 22.9. The van der Waals surface area contributed by atoms with Crippen molar-refractivity contribution in [1.29, 1.82) is 0 Å². The first-order valence-corrected chi connectivity index (χ1v) is 12.0. The number of rotatable bonds is 5. The molecule has 1 aliphatic heterocycles. The average Bonchev–Trinajstić information content (AvgIpc) is 3.23. The maximum absolute atomic E-state index is 12.9. The van der Waals surface area contributed by atoms with Crippen LogP contribution < -0.4 is 5.32 Å². The Balaban J connectivity index is 1.47. The van der Waals surface area contributed by atoms with Crippen LogP contribution in [0, 0.1) is 19.8 Å². The number of amides is 1. The summed E-state index contributed by atoms with van der Waals surface area (Å²) in [6, 6.07) is 11.8. The van der Waals surface area contributed by atoms with Crippen molar-refractivity contribution in [1.82, 2.24) is 14.5 Å². The summed E-state index contributed by atoms with van der Waals surface area (Å²) < 4.78 is 32.9. The van der Waals surface area contributed by atoms with Crippen LogP contribution in [0.1, 0.15) is 41.3 Å². The smallest absolute Gasteiger partial charge is 0.322 e. The first-order chi connectivity index (χ1) is 15.2. The van der Waals surface area contributed by atoms with Crippen LogP contribution in [0.3, 0.4) is 0 Å². The van der Waals surface area contributed by atoms with Crippen LogP contribution >= 0.6 is 0 Å². The fourth-order valence-corrected chi connectivity index (χ4v) is 5.41. The molecule has 0 bridgehead atoms. The number of carbonyl (C=O) groups is 1. The SMILES string of the molecule is Cc1ccc(C)c(-c2nnc(NC(=O)c3ccc(S(=O)(=O)N4CCCC(C)C4)cc3)o2)c1. The van der Waals surface area contributed by atoms with Crippen molar-refractivity contribution in [3.63, 3.8) is 0 Å². The largest absolute Gasteiger partial charge is 0.403 e. The van der Waals surface area contributed by atoms with Gasteiger partial charge in [-0.15, -0.1) is 5.10 Å². The molecule has 1 fully saturated rings. The van der Waals surface area contributed by atoms with E-state index in [0.717, 1.165) is 29.5 Å². The van der Waals surface area contributed by atoms with E-state index >= 15 is 0 Å². The Kier molecular flexibility index (Phi) is 6.12. The zero-order valence-electron chi connectivity index (χ0n) is 18.3. The van der Waals surface area contributed by atoms with Gasteiger partial charge >= 0.3 is 6.01 Å². The van der Waals surface area contributed by atoms with Gasteiger partial charge in [0.25, 0.3) is 5.91 Å². The number of nitrogens with one attached hydrogen (secondary N) is 1. The Hall–Kier alpha value is -3.04. The molecule has 2 heterocycles. The normalized spacial score (nSPS) is 17.3. The summed E-state index contributed by atoms with van der Waals surface area (Å²) in [6.07, 6.45) is 1.89. The molecule has 1 saturated heterocycles. The summed E-state index contributed by atoms with van der Waals surface area (Å²) in [4.78, 5) is 12.8. The number of hydrogen-bond acceptors (Lipinski definition) is 6. The maximum atomic E-state index is 12.9. The molecular weight excluding hydrogens is 428 g/mol. The summed E-state index contributed by atoms with van der Waals surface area (Å²) in [5.74, 6) is 0.196. The first-order valence-electron chi connectivity index (χ1n) is 10.6. The van der Waals surface area contributed by atoms with Gasteiger partial charge in [0, 0.05) is 24.2 Å². The fourth-order valence-electron chi connectivity index (χ4n) is 3.81. The molecule has 2 aromatic carbocycles. The molecule has 4 rings (SSSR count). The van der Waals surface area contributed by atoms with Gasteiger partial charge in [-0.05, 0) is 68.5 Å². The van der Waals surface area contributed by atoms with E-state index in [1.54, 1.807) is 0 Å².